The molecule has 0 unspecified atom stereocenters. The standard InChI is InChI=1S/C10H22N2Si/c1-2-8-11-9-12(13-11)10-6-4-3-5-7-10/h10H,2-9,13H2,1H3. The maximum absolute atomic E-state index is 2.80. The first-order valence-electron chi connectivity index (χ1n) is 5.86. The zero-order chi connectivity index (χ0) is 9.10. The lowest BCUT2D eigenvalue weighted by Gasteiger charge is -2.47. The molecule has 13 heavy (non-hydrogen) atoms. The molecule has 76 valence electrons. The van der Waals surface area contributed by atoms with Gasteiger partial charge in [-0.05, 0) is 25.8 Å². The fourth-order valence-electron chi connectivity index (χ4n) is 2.61. The summed E-state index contributed by atoms with van der Waals surface area (Å²) in [6.07, 6.45) is 8.79. The predicted molar refractivity (Wildman–Crippen MR) is 59.1 cm³/mol. The van der Waals surface area contributed by atoms with E-state index in [2.05, 4.69) is 16.1 Å². The molecule has 0 amide bonds. The number of nitrogens with zero attached hydrogens (tertiary/aromatic N) is 2. The Hall–Kier alpha value is 0.137. The quantitative estimate of drug-likeness (QED) is 0.631. The molecule has 1 saturated heterocycles. The van der Waals surface area contributed by atoms with E-state index in [1.54, 1.807) is 0 Å². The Bertz CT molecular complexity index is 151. The third-order valence-electron chi connectivity index (χ3n) is 3.39. The van der Waals surface area contributed by atoms with Gasteiger partial charge in [-0.1, -0.05) is 26.2 Å². The number of rotatable bonds is 3. The third-order valence-corrected chi connectivity index (χ3v) is 5.39. The van der Waals surface area contributed by atoms with Gasteiger partial charge in [-0.15, -0.1) is 0 Å². The van der Waals surface area contributed by atoms with Gasteiger partial charge in [0.1, 0.15) is 0 Å². The van der Waals surface area contributed by atoms with Crippen LogP contribution in [0.15, 0.2) is 0 Å². The Morgan fingerprint density at radius 2 is 1.92 bits per heavy atom. The normalized spacial score (nSPS) is 29.3. The average Bonchev–Trinajstić information content (AvgIpc) is 2.12. The van der Waals surface area contributed by atoms with Crippen LogP contribution in [-0.2, 0) is 0 Å². The van der Waals surface area contributed by atoms with Crippen LogP contribution in [0.5, 0.6) is 0 Å². The molecule has 2 nitrogen and oxygen atoms in total. The molecule has 1 aliphatic heterocycles. The minimum atomic E-state index is 0.0437. The smallest absolute Gasteiger partial charge is 0.175 e. The second-order valence-corrected chi connectivity index (χ2v) is 6.55. The van der Waals surface area contributed by atoms with Gasteiger partial charge in [0.05, 0.1) is 0 Å². The van der Waals surface area contributed by atoms with Crippen LogP contribution < -0.4 is 0 Å². The fourth-order valence-corrected chi connectivity index (χ4v) is 4.49. The molecule has 1 heterocycles. The van der Waals surface area contributed by atoms with E-state index < -0.39 is 0 Å². The van der Waals surface area contributed by atoms with Gasteiger partial charge in [0.25, 0.3) is 0 Å². The highest BCUT2D eigenvalue weighted by molar-refractivity contribution is 6.31. The average molecular weight is 198 g/mol. The minimum Gasteiger partial charge on any atom is -0.304 e. The zero-order valence-electron chi connectivity index (χ0n) is 8.84. The van der Waals surface area contributed by atoms with E-state index in [0.717, 1.165) is 6.04 Å². The highest BCUT2D eigenvalue weighted by atomic mass is 28.2. The van der Waals surface area contributed by atoms with Gasteiger partial charge in [-0.25, -0.2) is 0 Å². The van der Waals surface area contributed by atoms with E-state index in [9.17, 15) is 0 Å². The molecule has 0 aromatic carbocycles. The molecule has 3 heteroatoms. The first-order chi connectivity index (χ1) is 6.40. The largest absolute Gasteiger partial charge is 0.304 e. The molecule has 0 aromatic heterocycles. The summed E-state index contributed by atoms with van der Waals surface area (Å²) < 4.78 is 5.49. The van der Waals surface area contributed by atoms with Crippen molar-refractivity contribution < 1.29 is 0 Å². The van der Waals surface area contributed by atoms with E-state index >= 15 is 0 Å². The number of hydrogen-bond donors (Lipinski definition) is 0. The molecule has 2 aliphatic rings. The van der Waals surface area contributed by atoms with Crippen molar-refractivity contribution in [2.75, 3.05) is 13.2 Å². The van der Waals surface area contributed by atoms with E-state index in [1.807, 2.05) is 0 Å². The summed E-state index contributed by atoms with van der Waals surface area (Å²) in [6, 6.07) is 0.994. The van der Waals surface area contributed by atoms with Gasteiger partial charge >= 0.3 is 0 Å². The molecule has 0 radical (unpaired) electrons. The van der Waals surface area contributed by atoms with E-state index in [-0.39, 0.29) is 9.84 Å². The van der Waals surface area contributed by atoms with Crippen molar-refractivity contribution in [3.8, 4) is 0 Å². The van der Waals surface area contributed by atoms with Crippen LogP contribution in [-0.4, -0.2) is 38.2 Å². The zero-order valence-corrected chi connectivity index (χ0v) is 10.2. The molecule has 0 aromatic rings. The Labute approximate surface area is 84.3 Å². The van der Waals surface area contributed by atoms with Crippen LogP contribution in [0.4, 0.5) is 0 Å². The van der Waals surface area contributed by atoms with E-state index in [4.69, 9.17) is 0 Å². The van der Waals surface area contributed by atoms with Crippen LogP contribution in [0.1, 0.15) is 45.4 Å². The van der Waals surface area contributed by atoms with Crippen LogP contribution in [0, 0.1) is 0 Å². The van der Waals surface area contributed by atoms with Crippen molar-refractivity contribution in [2.45, 2.75) is 51.5 Å². The summed E-state index contributed by atoms with van der Waals surface area (Å²) in [4.78, 5) is 0. The monoisotopic (exact) mass is 198 g/mol. The Kier molecular flexibility index (Phi) is 3.41. The van der Waals surface area contributed by atoms with Gasteiger partial charge in [0.2, 0.25) is 0 Å². The first kappa shape index (κ1) is 9.68. The summed E-state index contributed by atoms with van der Waals surface area (Å²) in [5.41, 5.74) is 0. The molecule has 2 rings (SSSR count). The summed E-state index contributed by atoms with van der Waals surface area (Å²) in [6.45, 7) is 4.96. The van der Waals surface area contributed by atoms with Crippen molar-refractivity contribution in [3.05, 3.63) is 0 Å². The highest BCUT2D eigenvalue weighted by Crippen LogP contribution is 2.25. The first-order valence-corrected chi connectivity index (χ1v) is 7.13. The van der Waals surface area contributed by atoms with Gasteiger partial charge in [-0.3, -0.25) is 0 Å². The molecule has 0 atom stereocenters. The van der Waals surface area contributed by atoms with Gasteiger partial charge < -0.3 is 9.13 Å². The molecule has 0 spiro atoms. The number of hydrogen-bond acceptors (Lipinski definition) is 2. The topological polar surface area (TPSA) is 6.48 Å². The molecular weight excluding hydrogens is 176 g/mol. The van der Waals surface area contributed by atoms with Crippen molar-refractivity contribution in [3.63, 3.8) is 0 Å². The van der Waals surface area contributed by atoms with Gasteiger partial charge in [-0.2, -0.15) is 0 Å². The minimum absolute atomic E-state index is 0.0437. The lowest BCUT2D eigenvalue weighted by Crippen LogP contribution is -2.62. The van der Waals surface area contributed by atoms with Crippen LogP contribution in [0.25, 0.3) is 0 Å². The molecular formula is C10H22N2Si. The van der Waals surface area contributed by atoms with E-state index in [1.165, 1.54) is 51.7 Å². The molecule has 1 aliphatic carbocycles. The Morgan fingerprint density at radius 1 is 1.23 bits per heavy atom. The van der Waals surface area contributed by atoms with Crippen molar-refractivity contribution in [1.29, 1.82) is 0 Å². The highest BCUT2D eigenvalue weighted by Gasteiger charge is 2.30. The predicted octanol–water partition coefficient (Wildman–Crippen LogP) is 1.30. The van der Waals surface area contributed by atoms with Crippen LogP contribution in [0.2, 0.25) is 0 Å². The molecule has 0 bridgehead atoms. The maximum atomic E-state index is 2.80. The fraction of sp³-hybridized carbons (Fsp3) is 1.00. The molecule has 2 fully saturated rings. The van der Waals surface area contributed by atoms with Crippen LogP contribution >= 0.6 is 0 Å². The van der Waals surface area contributed by atoms with Crippen molar-refractivity contribution >= 4 is 9.84 Å². The van der Waals surface area contributed by atoms with E-state index in [0.29, 0.717) is 0 Å². The SMILES string of the molecule is CCCN1CN(C2CCCCC2)[SiH2]1. The third kappa shape index (κ3) is 2.33. The second kappa shape index (κ2) is 4.58. The second-order valence-electron chi connectivity index (χ2n) is 4.56. The Balaban J connectivity index is 1.66. The lowest BCUT2D eigenvalue weighted by molar-refractivity contribution is 0.129. The summed E-state index contributed by atoms with van der Waals surface area (Å²) in [5.74, 6) is 0. The maximum Gasteiger partial charge on any atom is 0.175 e. The lowest BCUT2D eigenvalue weighted by atomic mass is 9.96. The Morgan fingerprint density at radius 3 is 2.54 bits per heavy atom. The van der Waals surface area contributed by atoms with Crippen molar-refractivity contribution in [1.82, 2.24) is 9.13 Å². The summed E-state index contributed by atoms with van der Waals surface area (Å²) in [5, 5.41) is 0. The summed E-state index contributed by atoms with van der Waals surface area (Å²) >= 11 is 0. The summed E-state index contributed by atoms with van der Waals surface area (Å²) in [7, 11) is 0.0437. The van der Waals surface area contributed by atoms with Crippen molar-refractivity contribution in [2.24, 2.45) is 0 Å². The van der Waals surface area contributed by atoms with Crippen LogP contribution in [0.3, 0.4) is 0 Å². The van der Waals surface area contributed by atoms with Gasteiger partial charge in [0.15, 0.2) is 9.84 Å². The molecule has 0 N–H and O–H groups in total. The molecule has 1 saturated carbocycles. The van der Waals surface area contributed by atoms with Gasteiger partial charge in [0, 0.05) is 12.7 Å².